The summed E-state index contributed by atoms with van der Waals surface area (Å²) in [6.07, 6.45) is 2.06. The van der Waals surface area contributed by atoms with Gasteiger partial charge in [0.05, 0.1) is 47.4 Å². The standard InChI is InChI=1S/C22H29Cl2N3O4Si/c1-32(2,3)9-8-30-14-31-19-5-4-16(23)22(24)21(19)15-10-20(28)26(12-15)17-11-25-27-6-7-29-13-18(17)27/h4-5,11,15H,6-10,12-14H2,1-3H3/t15-/m0/s1. The minimum atomic E-state index is -1.17. The SMILES string of the molecule is C[Si](C)(C)CCOCOc1ccc(Cl)c(Cl)c1[C@H]1CC(=O)N(c2cnn3c2COCC3)C1. The molecule has 10 heteroatoms. The maximum Gasteiger partial charge on any atom is 0.227 e. The smallest absolute Gasteiger partial charge is 0.227 e. The van der Waals surface area contributed by atoms with Crippen LogP contribution in [0.25, 0.3) is 0 Å². The van der Waals surface area contributed by atoms with E-state index >= 15 is 0 Å². The van der Waals surface area contributed by atoms with E-state index in [4.69, 9.17) is 37.4 Å². The van der Waals surface area contributed by atoms with Crippen LogP contribution in [0.4, 0.5) is 5.69 Å². The Labute approximate surface area is 199 Å². The number of aromatic nitrogens is 2. The number of hydrogen-bond acceptors (Lipinski definition) is 5. The zero-order chi connectivity index (χ0) is 22.9. The molecule has 0 spiro atoms. The molecule has 0 bridgehead atoms. The first kappa shape index (κ1) is 23.6. The van der Waals surface area contributed by atoms with Gasteiger partial charge in [-0.05, 0) is 18.2 Å². The first-order valence-corrected chi connectivity index (χ1v) is 15.3. The number of carbonyl (C=O) groups is 1. The van der Waals surface area contributed by atoms with E-state index in [2.05, 4.69) is 24.7 Å². The van der Waals surface area contributed by atoms with E-state index in [1.54, 1.807) is 23.2 Å². The van der Waals surface area contributed by atoms with Crippen molar-refractivity contribution in [3.05, 3.63) is 39.6 Å². The molecule has 174 valence electrons. The van der Waals surface area contributed by atoms with Gasteiger partial charge in [0.2, 0.25) is 5.91 Å². The summed E-state index contributed by atoms with van der Waals surface area (Å²) in [6, 6.07) is 4.58. The second-order valence-corrected chi connectivity index (χ2v) is 15.8. The van der Waals surface area contributed by atoms with E-state index in [9.17, 15) is 4.79 Å². The summed E-state index contributed by atoms with van der Waals surface area (Å²) < 4.78 is 19.1. The van der Waals surface area contributed by atoms with Crippen molar-refractivity contribution in [3.8, 4) is 5.75 Å². The van der Waals surface area contributed by atoms with Crippen molar-refractivity contribution in [1.82, 2.24) is 9.78 Å². The Hall–Kier alpha value is -1.58. The van der Waals surface area contributed by atoms with Gasteiger partial charge in [-0.15, -0.1) is 0 Å². The molecule has 0 N–H and O–H groups in total. The number of nitrogens with zero attached hydrogens (tertiary/aromatic N) is 3. The van der Waals surface area contributed by atoms with Gasteiger partial charge in [0.1, 0.15) is 5.75 Å². The van der Waals surface area contributed by atoms with E-state index in [1.807, 2.05) is 4.68 Å². The number of anilines is 1. The van der Waals surface area contributed by atoms with Crippen LogP contribution in [0, 0.1) is 0 Å². The molecule has 3 heterocycles. The molecule has 1 amide bonds. The molecule has 1 fully saturated rings. The van der Waals surface area contributed by atoms with Crippen LogP contribution in [0.5, 0.6) is 5.75 Å². The number of carbonyl (C=O) groups excluding carboxylic acids is 1. The van der Waals surface area contributed by atoms with Gasteiger partial charge in [0.15, 0.2) is 6.79 Å². The van der Waals surface area contributed by atoms with Crippen molar-refractivity contribution in [2.45, 2.75) is 51.2 Å². The lowest BCUT2D eigenvalue weighted by atomic mass is 9.97. The van der Waals surface area contributed by atoms with Crippen LogP contribution in [0.3, 0.4) is 0 Å². The predicted molar refractivity (Wildman–Crippen MR) is 128 cm³/mol. The van der Waals surface area contributed by atoms with Crippen LogP contribution in [0.15, 0.2) is 18.3 Å². The highest BCUT2D eigenvalue weighted by Crippen LogP contribution is 2.43. The number of rotatable bonds is 8. The van der Waals surface area contributed by atoms with Gasteiger partial charge >= 0.3 is 0 Å². The molecule has 32 heavy (non-hydrogen) atoms. The van der Waals surface area contributed by atoms with E-state index in [-0.39, 0.29) is 18.6 Å². The Bertz CT molecular complexity index is 992. The Balaban J connectivity index is 1.50. The average molecular weight is 498 g/mol. The fraction of sp³-hybridized carbons (Fsp3) is 0.545. The van der Waals surface area contributed by atoms with Gasteiger partial charge in [0.25, 0.3) is 0 Å². The molecule has 1 saturated heterocycles. The lowest BCUT2D eigenvalue weighted by molar-refractivity contribution is -0.117. The van der Waals surface area contributed by atoms with Gasteiger partial charge < -0.3 is 19.1 Å². The summed E-state index contributed by atoms with van der Waals surface area (Å²) in [5.74, 6) is 0.475. The highest BCUT2D eigenvalue weighted by molar-refractivity contribution is 6.76. The number of hydrogen-bond donors (Lipinski definition) is 0. The van der Waals surface area contributed by atoms with E-state index < -0.39 is 8.07 Å². The minimum Gasteiger partial charge on any atom is -0.467 e. The molecule has 2 aliphatic heterocycles. The number of amides is 1. The lowest BCUT2D eigenvalue weighted by Crippen LogP contribution is -2.27. The average Bonchev–Trinajstić information content (AvgIpc) is 3.32. The normalized spacial score (nSPS) is 18.8. The Morgan fingerprint density at radius 2 is 2.09 bits per heavy atom. The monoisotopic (exact) mass is 497 g/mol. The van der Waals surface area contributed by atoms with Crippen LogP contribution in [0.1, 0.15) is 23.6 Å². The third-order valence-electron chi connectivity index (χ3n) is 5.82. The Morgan fingerprint density at radius 1 is 1.28 bits per heavy atom. The summed E-state index contributed by atoms with van der Waals surface area (Å²) >= 11 is 12.9. The molecule has 4 rings (SSSR count). The Kier molecular flexibility index (Phi) is 7.17. The van der Waals surface area contributed by atoms with E-state index in [0.717, 1.165) is 23.0 Å². The van der Waals surface area contributed by atoms with Crippen LogP contribution < -0.4 is 9.64 Å². The van der Waals surface area contributed by atoms with Crippen molar-refractivity contribution >= 4 is 42.9 Å². The van der Waals surface area contributed by atoms with Gasteiger partial charge in [-0.25, -0.2) is 0 Å². The zero-order valence-electron chi connectivity index (χ0n) is 18.7. The highest BCUT2D eigenvalue weighted by Gasteiger charge is 2.37. The molecular weight excluding hydrogens is 469 g/mol. The fourth-order valence-electron chi connectivity index (χ4n) is 4.02. The fourth-order valence-corrected chi connectivity index (χ4v) is 5.25. The highest BCUT2D eigenvalue weighted by atomic mass is 35.5. The molecule has 1 aromatic heterocycles. The van der Waals surface area contributed by atoms with Gasteiger partial charge in [-0.1, -0.05) is 42.8 Å². The van der Waals surface area contributed by atoms with Crippen molar-refractivity contribution in [3.63, 3.8) is 0 Å². The van der Waals surface area contributed by atoms with Gasteiger partial charge in [-0.2, -0.15) is 5.10 Å². The maximum atomic E-state index is 13.0. The summed E-state index contributed by atoms with van der Waals surface area (Å²) in [4.78, 5) is 14.7. The summed E-state index contributed by atoms with van der Waals surface area (Å²) in [5.41, 5.74) is 2.48. The van der Waals surface area contributed by atoms with Crippen molar-refractivity contribution < 1.29 is 19.0 Å². The molecule has 1 atom stereocenters. The molecule has 2 aliphatic rings. The maximum absolute atomic E-state index is 13.0. The van der Waals surface area contributed by atoms with Crippen LogP contribution in [-0.2, 0) is 27.4 Å². The lowest BCUT2D eigenvalue weighted by Gasteiger charge is -2.22. The van der Waals surface area contributed by atoms with E-state index in [1.165, 1.54) is 0 Å². The number of ether oxygens (including phenoxy) is 3. The molecule has 7 nitrogen and oxygen atoms in total. The largest absolute Gasteiger partial charge is 0.467 e. The predicted octanol–water partition coefficient (Wildman–Crippen LogP) is 4.93. The van der Waals surface area contributed by atoms with Gasteiger partial charge in [-0.3, -0.25) is 9.48 Å². The van der Waals surface area contributed by atoms with Crippen molar-refractivity contribution in [1.29, 1.82) is 0 Å². The van der Waals surface area contributed by atoms with Crippen molar-refractivity contribution in [2.24, 2.45) is 0 Å². The van der Waals surface area contributed by atoms with Crippen molar-refractivity contribution in [2.75, 3.05) is 31.5 Å². The third-order valence-corrected chi connectivity index (χ3v) is 8.35. The molecule has 0 aliphatic carbocycles. The Morgan fingerprint density at radius 3 is 2.88 bits per heavy atom. The van der Waals surface area contributed by atoms with Crippen LogP contribution >= 0.6 is 23.2 Å². The summed E-state index contributed by atoms with van der Waals surface area (Å²) in [6.45, 7) is 9.96. The number of fused-ring (bicyclic) bond motifs is 1. The molecule has 0 radical (unpaired) electrons. The molecular formula is C22H29Cl2N3O4Si. The second kappa shape index (κ2) is 9.73. The molecule has 0 saturated carbocycles. The molecule has 2 aromatic rings. The quantitative estimate of drug-likeness (QED) is 0.293. The topological polar surface area (TPSA) is 65.8 Å². The summed E-state index contributed by atoms with van der Waals surface area (Å²) in [5, 5.41) is 5.28. The summed E-state index contributed by atoms with van der Waals surface area (Å²) in [7, 11) is -1.17. The van der Waals surface area contributed by atoms with E-state index in [0.29, 0.717) is 55.1 Å². The third kappa shape index (κ3) is 5.15. The minimum absolute atomic E-state index is 0.0183. The first-order chi connectivity index (χ1) is 15.2. The van der Waals surface area contributed by atoms with Crippen LogP contribution in [-0.4, -0.2) is 50.3 Å². The van der Waals surface area contributed by atoms with Gasteiger partial charge in [0, 0.05) is 39.1 Å². The number of benzene rings is 1. The first-order valence-electron chi connectivity index (χ1n) is 10.9. The molecule has 1 aromatic carbocycles. The second-order valence-electron chi connectivity index (χ2n) is 9.41. The van der Waals surface area contributed by atoms with Crippen LogP contribution in [0.2, 0.25) is 35.7 Å². The zero-order valence-corrected chi connectivity index (χ0v) is 21.2. The number of halogens is 2. The molecule has 0 unspecified atom stereocenters.